The molecule has 0 bridgehead atoms. The monoisotopic (exact) mass is 325 g/mol. The van der Waals surface area contributed by atoms with Crippen LogP contribution in [-0.4, -0.2) is 20.2 Å². The number of hydrogen-bond donors (Lipinski definition) is 1. The van der Waals surface area contributed by atoms with Crippen LogP contribution in [0.5, 0.6) is 0 Å². The SMILES string of the molecule is Cc1ccn(-c2ccccc2NCc2ccc([S@@](C)=O)cc2)n1. The highest BCUT2D eigenvalue weighted by Gasteiger charge is 2.05. The zero-order chi connectivity index (χ0) is 16.2. The largest absolute Gasteiger partial charge is 0.379 e. The van der Waals surface area contributed by atoms with Crippen molar-refractivity contribution in [3.05, 3.63) is 72.1 Å². The van der Waals surface area contributed by atoms with Crippen LogP contribution in [0.4, 0.5) is 5.69 Å². The summed E-state index contributed by atoms with van der Waals surface area (Å²) in [6.45, 7) is 2.68. The molecule has 0 amide bonds. The average Bonchev–Trinajstić information content (AvgIpc) is 3.00. The van der Waals surface area contributed by atoms with Crippen molar-refractivity contribution in [1.29, 1.82) is 0 Å². The third-order valence-corrected chi connectivity index (χ3v) is 4.55. The highest BCUT2D eigenvalue weighted by Crippen LogP contribution is 2.20. The summed E-state index contributed by atoms with van der Waals surface area (Å²) in [7, 11) is -0.935. The van der Waals surface area contributed by atoms with Crippen LogP contribution in [0.3, 0.4) is 0 Å². The van der Waals surface area contributed by atoms with Crippen LogP contribution in [0.15, 0.2) is 65.7 Å². The minimum atomic E-state index is -0.935. The summed E-state index contributed by atoms with van der Waals surface area (Å²) >= 11 is 0. The molecule has 23 heavy (non-hydrogen) atoms. The van der Waals surface area contributed by atoms with E-state index in [0.29, 0.717) is 6.54 Å². The predicted molar refractivity (Wildman–Crippen MR) is 94.4 cm³/mol. The van der Waals surface area contributed by atoms with Crippen molar-refractivity contribution in [2.75, 3.05) is 11.6 Å². The molecule has 1 atom stereocenters. The summed E-state index contributed by atoms with van der Waals surface area (Å²) < 4.78 is 13.3. The van der Waals surface area contributed by atoms with Crippen LogP contribution in [0.25, 0.3) is 5.69 Å². The average molecular weight is 325 g/mol. The Bertz CT molecular complexity index is 824. The van der Waals surface area contributed by atoms with Crippen LogP contribution in [0.2, 0.25) is 0 Å². The molecule has 0 radical (unpaired) electrons. The van der Waals surface area contributed by atoms with Gasteiger partial charge in [-0.25, -0.2) is 4.68 Å². The van der Waals surface area contributed by atoms with Gasteiger partial charge in [0.2, 0.25) is 0 Å². The number of nitrogens with one attached hydrogen (secondary N) is 1. The lowest BCUT2D eigenvalue weighted by Crippen LogP contribution is -2.05. The number of hydrogen-bond acceptors (Lipinski definition) is 3. The molecule has 0 aliphatic rings. The maximum atomic E-state index is 11.4. The van der Waals surface area contributed by atoms with Crippen molar-refractivity contribution in [1.82, 2.24) is 9.78 Å². The van der Waals surface area contributed by atoms with E-state index in [0.717, 1.165) is 27.5 Å². The summed E-state index contributed by atoms with van der Waals surface area (Å²) in [5.74, 6) is 0. The first-order valence-corrected chi connectivity index (χ1v) is 8.97. The molecule has 2 aromatic carbocycles. The van der Waals surface area contributed by atoms with Gasteiger partial charge < -0.3 is 5.32 Å². The second-order valence-electron chi connectivity index (χ2n) is 5.37. The van der Waals surface area contributed by atoms with Crippen molar-refractivity contribution in [3.63, 3.8) is 0 Å². The van der Waals surface area contributed by atoms with E-state index in [1.165, 1.54) is 0 Å². The lowest BCUT2D eigenvalue weighted by molar-refractivity contribution is 0.687. The van der Waals surface area contributed by atoms with E-state index >= 15 is 0 Å². The smallest absolute Gasteiger partial charge is 0.0877 e. The molecule has 1 aromatic heterocycles. The molecule has 0 saturated heterocycles. The lowest BCUT2D eigenvalue weighted by atomic mass is 10.2. The van der Waals surface area contributed by atoms with E-state index in [1.54, 1.807) is 6.26 Å². The first-order chi connectivity index (χ1) is 11.1. The highest BCUT2D eigenvalue weighted by molar-refractivity contribution is 7.84. The Kier molecular flexibility index (Phi) is 4.57. The van der Waals surface area contributed by atoms with Gasteiger partial charge in [-0.2, -0.15) is 5.10 Å². The summed E-state index contributed by atoms with van der Waals surface area (Å²) in [6, 6.07) is 17.9. The molecule has 0 fully saturated rings. The topological polar surface area (TPSA) is 46.9 Å². The molecule has 3 aromatic rings. The minimum Gasteiger partial charge on any atom is -0.379 e. The third kappa shape index (κ3) is 3.68. The highest BCUT2D eigenvalue weighted by atomic mass is 32.2. The van der Waals surface area contributed by atoms with Crippen LogP contribution in [-0.2, 0) is 17.3 Å². The second kappa shape index (κ2) is 6.79. The summed E-state index contributed by atoms with van der Waals surface area (Å²) in [4.78, 5) is 0.848. The van der Waals surface area contributed by atoms with Crippen molar-refractivity contribution < 1.29 is 4.21 Å². The fourth-order valence-electron chi connectivity index (χ4n) is 2.37. The number of aryl methyl sites for hydroxylation is 1. The van der Waals surface area contributed by atoms with Crippen LogP contribution in [0.1, 0.15) is 11.3 Å². The van der Waals surface area contributed by atoms with E-state index < -0.39 is 10.8 Å². The second-order valence-corrected chi connectivity index (χ2v) is 6.75. The van der Waals surface area contributed by atoms with Gasteiger partial charge in [0.05, 0.1) is 17.1 Å². The fraction of sp³-hybridized carbons (Fsp3) is 0.167. The quantitative estimate of drug-likeness (QED) is 0.780. The molecular weight excluding hydrogens is 306 g/mol. The van der Waals surface area contributed by atoms with Gasteiger partial charge >= 0.3 is 0 Å². The van der Waals surface area contributed by atoms with Gasteiger partial charge in [-0.3, -0.25) is 4.21 Å². The Balaban J connectivity index is 1.77. The Morgan fingerprint density at radius 1 is 1.09 bits per heavy atom. The Labute approximate surface area is 138 Å². The summed E-state index contributed by atoms with van der Waals surface area (Å²) in [6.07, 6.45) is 3.65. The molecule has 0 aliphatic carbocycles. The number of anilines is 1. The van der Waals surface area contributed by atoms with E-state index in [1.807, 2.05) is 72.4 Å². The van der Waals surface area contributed by atoms with Gasteiger partial charge in [-0.1, -0.05) is 24.3 Å². The van der Waals surface area contributed by atoms with Crippen LogP contribution in [0, 0.1) is 6.92 Å². The summed E-state index contributed by atoms with van der Waals surface area (Å²) in [5.41, 5.74) is 4.18. The number of benzene rings is 2. The number of aromatic nitrogens is 2. The van der Waals surface area contributed by atoms with Crippen LogP contribution >= 0.6 is 0 Å². The molecule has 1 heterocycles. The Morgan fingerprint density at radius 3 is 2.48 bits per heavy atom. The number of para-hydroxylation sites is 2. The minimum absolute atomic E-state index is 0.702. The van der Waals surface area contributed by atoms with Gasteiger partial charge in [0.15, 0.2) is 0 Å². The maximum Gasteiger partial charge on any atom is 0.0877 e. The molecule has 0 aliphatic heterocycles. The van der Waals surface area contributed by atoms with E-state index in [-0.39, 0.29) is 0 Å². The van der Waals surface area contributed by atoms with E-state index in [4.69, 9.17) is 0 Å². The van der Waals surface area contributed by atoms with E-state index in [9.17, 15) is 4.21 Å². The first kappa shape index (κ1) is 15.5. The standard InChI is InChI=1S/C18H19N3OS/c1-14-11-12-21(20-14)18-6-4-3-5-17(18)19-13-15-7-9-16(10-8-15)23(2)22/h3-12,19H,13H2,1-2H3/t23-/m1/s1. The van der Waals surface area contributed by atoms with Crippen molar-refractivity contribution in [2.24, 2.45) is 0 Å². The molecule has 0 spiro atoms. The fourth-order valence-corrected chi connectivity index (χ4v) is 2.89. The van der Waals surface area contributed by atoms with Gasteiger partial charge in [0, 0.05) is 34.7 Å². The zero-order valence-corrected chi connectivity index (χ0v) is 14.0. The van der Waals surface area contributed by atoms with Crippen molar-refractivity contribution >= 4 is 16.5 Å². The van der Waals surface area contributed by atoms with Gasteiger partial charge in [-0.05, 0) is 42.8 Å². The molecule has 3 rings (SSSR count). The molecule has 118 valence electrons. The lowest BCUT2D eigenvalue weighted by Gasteiger charge is -2.12. The molecular formula is C18H19N3OS. The molecule has 0 unspecified atom stereocenters. The Morgan fingerprint density at radius 2 is 1.83 bits per heavy atom. The van der Waals surface area contributed by atoms with Crippen LogP contribution < -0.4 is 5.32 Å². The predicted octanol–water partition coefficient (Wildman–Crippen LogP) is 3.53. The number of nitrogens with zero attached hydrogens (tertiary/aromatic N) is 2. The Hall–Kier alpha value is -2.40. The van der Waals surface area contributed by atoms with Gasteiger partial charge in [-0.15, -0.1) is 0 Å². The first-order valence-electron chi connectivity index (χ1n) is 7.41. The third-order valence-electron chi connectivity index (χ3n) is 3.61. The molecule has 5 heteroatoms. The molecule has 1 N–H and O–H groups in total. The maximum absolute atomic E-state index is 11.4. The normalized spacial score (nSPS) is 12.1. The summed E-state index contributed by atoms with van der Waals surface area (Å²) in [5, 5.41) is 7.92. The van der Waals surface area contributed by atoms with Gasteiger partial charge in [0.1, 0.15) is 0 Å². The van der Waals surface area contributed by atoms with Crippen molar-refractivity contribution in [3.8, 4) is 5.69 Å². The zero-order valence-electron chi connectivity index (χ0n) is 13.2. The molecule has 4 nitrogen and oxygen atoms in total. The van der Waals surface area contributed by atoms with E-state index in [2.05, 4.69) is 10.4 Å². The number of rotatable bonds is 5. The van der Waals surface area contributed by atoms with Gasteiger partial charge in [0.25, 0.3) is 0 Å². The van der Waals surface area contributed by atoms with Crippen molar-refractivity contribution in [2.45, 2.75) is 18.4 Å². The molecule has 0 saturated carbocycles.